The van der Waals surface area contributed by atoms with E-state index in [9.17, 15) is 14.0 Å². The summed E-state index contributed by atoms with van der Waals surface area (Å²) in [5.74, 6) is -0.635. The molecule has 23 heavy (non-hydrogen) atoms. The van der Waals surface area contributed by atoms with E-state index in [2.05, 4.69) is 15.2 Å². The summed E-state index contributed by atoms with van der Waals surface area (Å²) in [7, 11) is 0. The number of benzene rings is 1. The van der Waals surface area contributed by atoms with Crippen molar-refractivity contribution in [3.05, 3.63) is 50.4 Å². The van der Waals surface area contributed by atoms with Gasteiger partial charge in [-0.3, -0.25) is 9.78 Å². The molecule has 1 atom stereocenters. The second-order valence-electron chi connectivity index (χ2n) is 5.71. The fraction of sp³-hybridized carbons (Fsp3) is 0.400. The number of piperidine rings is 1. The van der Waals surface area contributed by atoms with Crippen LogP contribution >= 0.6 is 11.6 Å². The lowest BCUT2D eigenvalue weighted by Crippen LogP contribution is -2.39. The minimum atomic E-state index is -0.688. The Labute approximate surface area is 136 Å². The average molecular weight is 339 g/mol. The summed E-state index contributed by atoms with van der Waals surface area (Å²) in [6, 6.07) is 3.09. The van der Waals surface area contributed by atoms with Crippen LogP contribution in [-0.4, -0.2) is 39.1 Å². The SMILES string of the molecule is Cc1ccc(C(=O)N2CCCC(c3n[nH]c(=O)[nH]3)C2)c(F)c1Cl. The molecule has 2 heterocycles. The van der Waals surface area contributed by atoms with Crippen LogP contribution in [0, 0.1) is 12.7 Å². The maximum absolute atomic E-state index is 14.2. The molecule has 1 aliphatic heterocycles. The number of nitrogens with one attached hydrogen (secondary N) is 2. The van der Waals surface area contributed by atoms with E-state index in [0.717, 1.165) is 12.8 Å². The first-order valence-electron chi connectivity index (χ1n) is 7.36. The van der Waals surface area contributed by atoms with E-state index in [0.29, 0.717) is 24.5 Å². The van der Waals surface area contributed by atoms with Crippen LogP contribution in [-0.2, 0) is 0 Å². The highest BCUT2D eigenvalue weighted by Crippen LogP contribution is 2.27. The molecule has 1 aromatic heterocycles. The van der Waals surface area contributed by atoms with Crippen molar-refractivity contribution < 1.29 is 9.18 Å². The number of hydrogen-bond acceptors (Lipinski definition) is 3. The molecule has 6 nitrogen and oxygen atoms in total. The van der Waals surface area contributed by atoms with Gasteiger partial charge < -0.3 is 4.90 Å². The summed E-state index contributed by atoms with van der Waals surface area (Å²) in [4.78, 5) is 28.0. The molecule has 0 saturated carbocycles. The molecule has 1 aromatic carbocycles. The lowest BCUT2D eigenvalue weighted by Gasteiger charge is -2.31. The zero-order valence-corrected chi connectivity index (χ0v) is 13.3. The van der Waals surface area contributed by atoms with Crippen molar-refractivity contribution in [2.24, 2.45) is 0 Å². The van der Waals surface area contributed by atoms with Crippen LogP contribution in [0.5, 0.6) is 0 Å². The molecule has 0 aliphatic carbocycles. The Morgan fingerprint density at radius 3 is 2.96 bits per heavy atom. The molecule has 3 rings (SSSR count). The first kappa shape index (κ1) is 15.7. The number of likely N-dealkylation sites (tertiary alicyclic amines) is 1. The third kappa shape index (κ3) is 3.01. The van der Waals surface area contributed by atoms with E-state index in [1.807, 2.05) is 0 Å². The van der Waals surface area contributed by atoms with Gasteiger partial charge in [-0.1, -0.05) is 17.7 Å². The first-order valence-corrected chi connectivity index (χ1v) is 7.73. The summed E-state index contributed by atoms with van der Waals surface area (Å²) < 4.78 is 14.2. The van der Waals surface area contributed by atoms with Crippen LogP contribution in [0.25, 0.3) is 0 Å². The molecule has 2 N–H and O–H groups in total. The van der Waals surface area contributed by atoms with Crippen molar-refractivity contribution in [3.63, 3.8) is 0 Å². The van der Waals surface area contributed by atoms with Crippen LogP contribution in [0.4, 0.5) is 4.39 Å². The number of aryl methyl sites for hydroxylation is 1. The van der Waals surface area contributed by atoms with Gasteiger partial charge in [-0.15, -0.1) is 0 Å². The van der Waals surface area contributed by atoms with Crippen LogP contribution in [0.15, 0.2) is 16.9 Å². The van der Waals surface area contributed by atoms with Crippen molar-refractivity contribution in [3.8, 4) is 0 Å². The number of rotatable bonds is 2. The fourth-order valence-electron chi connectivity index (χ4n) is 2.84. The molecule has 8 heteroatoms. The van der Waals surface area contributed by atoms with E-state index < -0.39 is 11.7 Å². The van der Waals surface area contributed by atoms with E-state index in [4.69, 9.17) is 11.6 Å². The Bertz CT molecular complexity index is 801. The molecule has 1 saturated heterocycles. The van der Waals surface area contributed by atoms with Crippen molar-refractivity contribution in [1.29, 1.82) is 0 Å². The molecule has 1 unspecified atom stereocenters. The maximum atomic E-state index is 14.2. The van der Waals surface area contributed by atoms with E-state index in [1.165, 1.54) is 6.07 Å². The highest BCUT2D eigenvalue weighted by atomic mass is 35.5. The van der Waals surface area contributed by atoms with Gasteiger partial charge in [0.1, 0.15) is 5.82 Å². The Balaban J connectivity index is 1.82. The van der Waals surface area contributed by atoms with E-state index in [1.54, 1.807) is 17.9 Å². The van der Waals surface area contributed by atoms with Crippen LogP contribution in [0.1, 0.15) is 40.5 Å². The second-order valence-corrected chi connectivity index (χ2v) is 6.09. The smallest absolute Gasteiger partial charge is 0.338 e. The summed E-state index contributed by atoms with van der Waals surface area (Å²) in [5, 5.41) is 6.22. The standard InChI is InChI=1S/C15H16ClFN4O2/c1-8-4-5-10(12(17)11(8)16)14(22)21-6-2-3-9(7-21)13-18-15(23)20-19-13/h4-5,9H,2-3,6-7H2,1H3,(H2,18,19,20,23). The van der Waals surface area contributed by atoms with E-state index in [-0.39, 0.29) is 22.2 Å². The summed E-state index contributed by atoms with van der Waals surface area (Å²) >= 11 is 5.89. The number of carbonyl (C=O) groups is 1. The highest BCUT2D eigenvalue weighted by Gasteiger charge is 2.29. The normalized spacial score (nSPS) is 18.2. The molecular weight excluding hydrogens is 323 g/mol. The van der Waals surface area contributed by atoms with Gasteiger partial charge in [0.15, 0.2) is 5.82 Å². The van der Waals surface area contributed by atoms with Gasteiger partial charge in [-0.05, 0) is 31.4 Å². The minimum absolute atomic E-state index is 0.0268. The maximum Gasteiger partial charge on any atom is 0.340 e. The molecule has 1 fully saturated rings. The van der Waals surface area contributed by atoms with Gasteiger partial charge in [-0.25, -0.2) is 14.3 Å². The molecule has 2 aromatic rings. The van der Waals surface area contributed by atoms with Crippen LogP contribution in [0.2, 0.25) is 5.02 Å². The van der Waals surface area contributed by atoms with Crippen molar-refractivity contribution in [2.75, 3.05) is 13.1 Å². The van der Waals surface area contributed by atoms with Crippen LogP contribution in [0.3, 0.4) is 0 Å². The van der Waals surface area contributed by atoms with Gasteiger partial charge in [0.2, 0.25) is 0 Å². The quantitative estimate of drug-likeness (QED) is 0.880. The monoisotopic (exact) mass is 338 g/mol. The number of hydrogen-bond donors (Lipinski definition) is 2. The highest BCUT2D eigenvalue weighted by molar-refractivity contribution is 6.31. The van der Waals surface area contributed by atoms with Gasteiger partial charge in [0, 0.05) is 19.0 Å². The molecule has 0 radical (unpaired) electrons. The second kappa shape index (κ2) is 6.16. The number of halogens is 2. The number of aromatic amines is 2. The first-order chi connectivity index (χ1) is 11.0. The Hall–Kier alpha value is -2.15. The van der Waals surface area contributed by atoms with E-state index >= 15 is 0 Å². The molecule has 0 bridgehead atoms. The number of aromatic nitrogens is 3. The third-order valence-corrected chi connectivity index (χ3v) is 4.58. The zero-order chi connectivity index (χ0) is 16.6. The largest absolute Gasteiger partial charge is 0.340 e. The minimum Gasteiger partial charge on any atom is -0.338 e. The van der Waals surface area contributed by atoms with Crippen molar-refractivity contribution in [1.82, 2.24) is 20.1 Å². The Morgan fingerprint density at radius 1 is 1.48 bits per heavy atom. The summed E-state index contributed by atoms with van der Waals surface area (Å²) in [6.07, 6.45) is 1.56. The van der Waals surface area contributed by atoms with Gasteiger partial charge in [0.05, 0.1) is 10.6 Å². The zero-order valence-electron chi connectivity index (χ0n) is 12.5. The summed E-state index contributed by atoms with van der Waals surface area (Å²) in [5.41, 5.74) is 0.183. The number of amides is 1. The lowest BCUT2D eigenvalue weighted by atomic mass is 9.96. The third-order valence-electron chi connectivity index (χ3n) is 4.12. The number of H-pyrrole nitrogens is 2. The van der Waals surface area contributed by atoms with Crippen molar-refractivity contribution in [2.45, 2.75) is 25.7 Å². The number of carbonyl (C=O) groups excluding carboxylic acids is 1. The van der Waals surface area contributed by atoms with Gasteiger partial charge in [-0.2, -0.15) is 5.10 Å². The van der Waals surface area contributed by atoms with Crippen molar-refractivity contribution >= 4 is 17.5 Å². The van der Waals surface area contributed by atoms with Gasteiger partial charge >= 0.3 is 5.69 Å². The van der Waals surface area contributed by atoms with Gasteiger partial charge in [0.25, 0.3) is 5.91 Å². The predicted molar refractivity (Wildman–Crippen MR) is 83.2 cm³/mol. The molecule has 1 amide bonds. The fourth-order valence-corrected chi connectivity index (χ4v) is 3.01. The average Bonchev–Trinajstić information content (AvgIpc) is 2.99. The Kier molecular flexibility index (Phi) is 4.21. The Morgan fingerprint density at radius 2 is 2.26 bits per heavy atom. The molecule has 1 aliphatic rings. The van der Waals surface area contributed by atoms with Crippen LogP contribution < -0.4 is 5.69 Å². The topological polar surface area (TPSA) is 81.8 Å². The predicted octanol–water partition coefficient (Wildman–Crippen LogP) is 2.22. The molecule has 0 spiro atoms. The lowest BCUT2D eigenvalue weighted by molar-refractivity contribution is 0.0700. The molecular formula is C15H16ClFN4O2. The number of nitrogens with zero attached hydrogens (tertiary/aromatic N) is 2. The summed E-state index contributed by atoms with van der Waals surface area (Å²) in [6.45, 7) is 2.60. The molecule has 122 valence electrons.